The van der Waals surface area contributed by atoms with Crippen molar-refractivity contribution in [2.75, 3.05) is 11.5 Å². The third-order valence-electron chi connectivity index (χ3n) is 3.69. The van der Waals surface area contributed by atoms with Crippen molar-refractivity contribution in [2.45, 2.75) is 26.2 Å². The van der Waals surface area contributed by atoms with Crippen molar-refractivity contribution in [3.05, 3.63) is 12.2 Å². The Kier molecular flexibility index (Phi) is 4.29. The molecule has 4 amide bonds. The normalized spacial score (nSPS) is 25.9. The third kappa shape index (κ3) is 2.54. The lowest BCUT2D eigenvalue weighted by Gasteiger charge is -2.39. The average Bonchev–Trinajstić information content (AvgIpc) is 2.39. The number of hydrogen-bond acceptors (Lipinski definition) is 4. The van der Waals surface area contributed by atoms with Crippen LogP contribution < -0.4 is 10.6 Å². The summed E-state index contributed by atoms with van der Waals surface area (Å²) in [5, 5.41) is 4.50. The molecule has 0 spiro atoms. The number of carbonyl (C=O) groups excluding carboxylic acids is 3. The molecule has 0 bridgehead atoms. The summed E-state index contributed by atoms with van der Waals surface area (Å²) in [5.41, 5.74) is -1.15. The van der Waals surface area contributed by atoms with Gasteiger partial charge in [0.2, 0.25) is 11.8 Å². The lowest BCUT2D eigenvalue weighted by molar-refractivity contribution is -0.145. The Morgan fingerprint density at radius 2 is 2.00 bits per heavy atom. The maximum atomic E-state index is 12.3. The van der Waals surface area contributed by atoms with Crippen LogP contribution in [0.2, 0.25) is 0 Å². The van der Waals surface area contributed by atoms with Gasteiger partial charge in [0, 0.05) is 11.7 Å². The summed E-state index contributed by atoms with van der Waals surface area (Å²) in [6, 6.07) is -0.716. The molecule has 0 aromatic heterocycles. The standard InChI is InChI=1S/C13H18N2O3S/c1-2-19-8-13(9-6-4-3-5-7-9)10(16)14-12(18)15-11(13)17/h4,6,9H,2-3,5,7-8H2,1H3,(H2,14,15,16,17,18). The fourth-order valence-corrected chi connectivity index (χ4v) is 3.63. The highest BCUT2D eigenvalue weighted by molar-refractivity contribution is 7.99. The molecule has 1 aliphatic heterocycles. The second-order valence-corrected chi connectivity index (χ2v) is 6.09. The summed E-state index contributed by atoms with van der Waals surface area (Å²) in [5.74, 6) is 0.182. The van der Waals surface area contributed by atoms with Crippen molar-refractivity contribution >= 4 is 29.6 Å². The van der Waals surface area contributed by atoms with Crippen molar-refractivity contribution in [1.29, 1.82) is 0 Å². The molecule has 1 atom stereocenters. The van der Waals surface area contributed by atoms with Gasteiger partial charge in [-0.2, -0.15) is 11.8 Å². The van der Waals surface area contributed by atoms with Gasteiger partial charge < -0.3 is 0 Å². The first-order chi connectivity index (χ1) is 9.11. The van der Waals surface area contributed by atoms with E-state index in [0.717, 1.165) is 25.0 Å². The quantitative estimate of drug-likeness (QED) is 0.604. The number of imide groups is 2. The number of hydrogen-bond donors (Lipinski definition) is 2. The number of barbiturate groups is 1. The van der Waals surface area contributed by atoms with Crippen molar-refractivity contribution < 1.29 is 14.4 Å². The highest BCUT2D eigenvalue weighted by Crippen LogP contribution is 2.39. The van der Waals surface area contributed by atoms with E-state index in [1.807, 2.05) is 19.1 Å². The van der Waals surface area contributed by atoms with Gasteiger partial charge in [0.1, 0.15) is 5.41 Å². The van der Waals surface area contributed by atoms with E-state index in [0.29, 0.717) is 5.75 Å². The van der Waals surface area contributed by atoms with Crippen LogP contribution in [0.1, 0.15) is 26.2 Å². The van der Waals surface area contributed by atoms with Gasteiger partial charge in [0.25, 0.3) is 0 Å². The first-order valence-electron chi connectivity index (χ1n) is 6.52. The smallest absolute Gasteiger partial charge is 0.277 e. The summed E-state index contributed by atoms with van der Waals surface area (Å²) in [7, 11) is 0. The second kappa shape index (κ2) is 5.77. The van der Waals surface area contributed by atoms with Crippen molar-refractivity contribution in [3.63, 3.8) is 0 Å². The molecule has 0 saturated carbocycles. The van der Waals surface area contributed by atoms with Gasteiger partial charge in [-0.3, -0.25) is 20.2 Å². The van der Waals surface area contributed by atoms with Crippen molar-refractivity contribution in [1.82, 2.24) is 10.6 Å². The van der Waals surface area contributed by atoms with Crippen LogP contribution in [0.3, 0.4) is 0 Å². The van der Waals surface area contributed by atoms with Crippen LogP contribution in [0, 0.1) is 11.3 Å². The van der Waals surface area contributed by atoms with E-state index < -0.39 is 23.3 Å². The van der Waals surface area contributed by atoms with Gasteiger partial charge in [-0.1, -0.05) is 19.1 Å². The number of nitrogens with one attached hydrogen (secondary N) is 2. The lowest BCUT2D eigenvalue weighted by Crippen LogP contribution is -2.66. The van der Waals surface area contributed by atoms with Crippen LogP contribution in [-0.2, 0) is 9.59 Å². The Bertz CT molecular complexity index is 414. The molecule has 0 aromatic rings. The topological polar surface area (TPSA) is 75.3 Å². The minimum absolute atomic E-state index is 0.131. The molecule has 1 unspecified atom stereocenters. The zero-order valence-corrected chi connectivity index (χ0v) is 11.7. The highest BCUT2D eigenvalue weighted by Gasteiger charge is 2.54. The summed E-state index contributed by atoms with van der Waals surface area (Å²) in [4.78, 5) is 35.8. The molecule has 0 radical (unpaired) electrons. The van der Waals surface area contributed by atoms with E-state index in [4.69, 9.17) is 0 Å². The molecule has 5 nitrogen and oxygen atoms in total. The van der Waals surface area contributed by atoms with Gasteiger partial charge in [0.05, 0.1) is 0 Å². The average molecular weight is 282 g/mol. The summed E-state index contributed by atoms with van der Waals surface area (Å²) in [6.45, 7) is 1.98. The zero-order chi connectivity index (χ0) is 13.9. The Labute approximate surface area is 116 Å². The number of allylic oxidation sites excluding steroid dienone is 2. The van der Waals surface area contributed by atoms with Gasteiger partial charge in [-0.05, 0) is 25.0 Å². The molecule has 1 heterocycles. The SMILES string of the molecule is CCSCC1(C2C=CCCC2)C(=O)NC(=O)NC1=O. The van der Waals surface area contributed by atoms with E-state index in [-0.39, 0.29) is 5.92 Å². The minimum Gasteiger partial charge on any atom is -0.277 e. The van der Waals surface area contributed by atoms with E-state index >= 15 is 0 Å². The Morgan fingerprint density at radius 1 is 1.32 bits per heavy atom. The number of amides is 4. The monoisotopic (exact) mass is 282 g/mol. The Hall–Kier alpha value is -1.30. The number of thioether (sulfide) groups is 1. The van der Waals surface area contributed by atoms with Crippen molar-refractivity contribution in [3.8, 4) is 0 Å². The second-order valence-electron chi connectivity index (χ2n) is 4.81. The summed E-state index contributed by atoms with van der Waals surface area (Å²) in [6.07, 6.45) is 6.72. The highest BCUT2D eigenvalue weighted by atomic mass is 32.2. The predicted molar refractivity (Wildman–Crippen MR) is 73.6 cm³/mol. The first kappa shape index (κ1) is 14.1. The zero-order valence-electron chi connectivity index (χ0n) is 10.9. The minimum atomic E-state index is -1.15. The molecule has 19 heavy (non-hydrogen) atoms. The first-order valence-corrected chi connectivity index (χ1v) is 7.68. The summed E-state index contributed by atoms with van der Waals surface area (Å²) >= 11 is 1.55. The fraction of sp³-hybridized carbons (Fsp3) is 0.615. The number of urea groups is 1. The van der Waals surface area contributed by atoms with Gasteiger partial charge >= 0.3 is 6.03 Å². The molecule has 2 aliphatic rings. The molecule has 0 aromatic carbocycles. The molecule has 2 N–H and O–H groups in total. The molecule has 2 rings (SSSR count). The lowest BCUT2D eigenvalue weighted by atomic mass is 9.70. The Morgan fingerprint density at radius 3 is 2.53 bits per heavy atom. The number of carbonyl (C=O) groups is 3. The fourth-order valence-electron chi connectivity index (χ4n) is 2.62. The van der Waals surface area contributed by atoms with Gasteiger partial charge in [-0.15, -0.1) is 0 Å². The van der Waals surface area contributed by atoms with E-state index in [2.05, 4.69) is 10.6 Å². The molecular formula is C13H18N2O3S. The van der Waals surface area contributed by atoms with Crippen LogP contribution in [0.15, 0.2) is 12.2 Å². The third-order valence-corrected chi connectivity index (χ3v) is 4.75. The van der Waals surface area contributed by atoms with Crippen molar-refractivity contribution in [2.24, 2.45) is 11.3 Å². The van der Waals surface area contributed by atoms with E-state index in [9.17, 15) is 14.4 Å². The predicted octanol–water partition coefficient (Wildman–Crippen LogP) is 1.45. The molecule has 1 fully saturated rings. The summed E-state index contributed by atoms with van der Waals surface area (Å²) < 4.78 is 0. The van der Waals surface area contributed by atoms with Gasteiger partial charge in [-0.25, -0.2) is 4.79 Å². The molecular weight excluding hydrogens is 264 g/mol. The van der Waals surface area contributed by atoms with E-state index in [1.165, 1.54) is 0 Å². The van der Waals surface area contributed by atoms with Crippen LogP contribution in [0.25, 0.3) is 0 Å². The molecule has 1 saturated heterocycles. The van der Waals surface area contributed by atoms with Crippen LogP contribution in [0.4, 0.5) is 4.79 Å². The Balaban J connectivity index is 2.34. The van der Waals surface area contributed by atoms with Gasteiger partial charge in [0.15, 0.2) is 0 Å². The van der Waals surface area contributed by atoms with Crippen LogP contribution in [0.5, 0.6) is 0 Å². The van der Waals surface area contributed by atoms with Crippen LogP contribution >= 0.6 is 11.8 Å². The number of rotatable bonds is 4. The molecule has 6 heteroatoms. The van der Waals surface area contributed by atoms with E-state index in [1.54, 1.807) is 11.8 Å². The maximum Gasteiger partial charge on any atom is 0.328 e. The maximum absolute atomic E-state index is 12.3. The largest absolute Gasteiger partial charge is 0.328 e. The molecule has 104 valence electrons. The molecule has 1 aliphatic carbocycles. The van der Waals surface area contributed by atoms with Crippen LogP contribution in [-0.4, -0.2) is 29.4 Å².